The van der Waals surface area contributed by atoms with Crippen molar-refractivity contribution in [2.45, 2.75) is 5.75 Å². The second kappa shape index (κ2) is 2.94. The third kappa shape index (κ3) is 3.02. The standard InChI is InChI=1S/C5H7BrN2O2S/c1-11(9,10)3-4-2-7-5(6)8-4/h2H,3H2,1H3,(H,7,8). The van der Waals surface area contributed by atoms with Crippen LogP contribution in [0.4, 0.5) is 0 Å². The van der Waals surface area contributed by atoms with Gasteiger partial charge < -0.3 is 4.98 Å². The number of imidazole rings is 1. The molecule has 0 aliphatic heterocycles. The van der Waals surface area contributed by atoms with Gasteiger partial charge in [0.25, 0.3) is 0 Å². The lowest BCUT2D eigenvalue weighted by molar-refractivity contribution is 0.600. The van der Waals surface area contributed by atoms with Gasteiger partial charge in [0, 0.05) is 6.26 Å². The lowest BCUT2D eigenvalue weighted by Gasteiger charge is -1.91. The summed E-state index contributed by atoms with van der Waals surface area (Å²) >= 11 is 3.08. The van der Waals surface area contributed by atoms with Crippen LogP contribution in [0, 0.1) is 0 Å². The molecule has 1 aromatic rings. The third-order valence-electron chi connectivity index (χ3n) is 1.02. The van der Waals surface area contributed by atoms with Crippen molar-refractivity contribution in [3.8, 4) is 0 Å². The normalized spacial score (nSPS) is 11.8. The van der Waals surface area contributed by atoms with Crippen LogP contribution in [0.15, 0.2) is 10.9 Å². The maximum absolute atomic E-state index is 10.7. The Morgan fingerprint density at radius 3 is 2.73 bits per heavy atom. The highest BCUT2D eigenvalue weighted by molar-refractivity contribution is 9.10. The number of sulfone groups is 1. The van der Waals surface area contributed by atoms with Crippen molar-refractivity contribution < 1.29 is 8.42 Å². The largest absolute Gasteiger partial charge is 0.336 e. The number of aromatic nitrogens is 2. The molecule has 0 bridgehead atoms. The van der Waals surface area contributed by atoms with E-state index >= 15 is 0 Å². The van der Waals surface area contributed by atoms with Gasteiger partial charge in [-0.2, -0.15) is 0 Å². The molecule has 1 heterocycles. The predicted molar refractivity (Wildman–Crippen MR) is 44.8 cm³/mol. The zero-order valence-electron chi connectivity index (χ0n) is 5.83. The van der Waals surface area contributed by atoms with E-state index in [0.717, 1.165) is 0 Å². The number of hydrogen-bond acceptors (Lipinski definition) is 3. The smallest absolute Gasteiger partial charge is 0.174 e. The van der Waals surface area contributed by atoms with E-state index in [2.05, 4.69) is 25.9 Å². The second-order valence-electron chi connectivity index (χ2n) is 2.27. The number of H-pyrrole nitrogens is 1. The molecule has 0 radical (unpaired) electrons. The number of aromatic amines is 1. The molecule has 0 amide bonds. The molecule has 11 heavy (non-hydrogen) atoms. The summed E-state index contributed by atoms with van der Waals surface area (Å²) in [5.41, 5.74) is 0.597. The van der Waals surface area contributed by atoms with Crippen molar-refractivity contribution in [2.75, 3.05) is 6.26 Å². The second-order valence-corrected chi connectivity index (χ2v) is 5.16. The molecule has 62 valence electrons. The molecule has 0 fully saturated rings. The molecule has 0 unspecified atom stereocenters. The Balaban J connectivity index is 2.81. The third-order valence-corrected chi connectivity index (χ3v) is 2.25. The Morgan fingerprint density at radius 2 is 2.36 bits per heavy atom. The maximum Gasteiger partial charge on any atom is 0.174 e. The fraction of sp³-hybridized carbons (Fsp3) is 0.400. The van der Waals surface area contributed by atoms with Crippen molar-refractivity contribution in [3.63, 3.8) is 0 Å². The molecule has 0 atom stereocenters. The first-order chi connectivity index (χ1) is 4.97. The number of nitrogens with zero attached hydrogens (tertiary/aromatic N) is 1. The summed E-state index contributed by atoms with van der Waals surface area (Å²) in [6, 6.07) is 0. The Hall–Kier alpha value is -0.360. The molecular formula is C5H7BrN2O2S. The van der Waals surface area contributed by atoms with Crippen LogP contribution in [0.2, 0.25) is 0 Å². The topological polar surface area (TPSA) is 62.8 Å². The molecule has 1 rings (SSSR count). The van der Waals surface area contributed by atoms with Gasteiger partial charge in [-0.25, -0.2) is 13.4 Å². The lowest BCUT2D eigenvalue weighted by Crippen LogP contribution is -2.00. The van der Waals surface area contributed by atoms with E-state index < -0.39 is 9.84 Å². The average Bonchev–Trinajstić information content (AvgIpc) is 2.10. The number of rotatable bonds is 2. The average molecular weight is 239 g/mol. The maximum atomic E-state index is 10.7. The van der Waals surface area contributed by atoms with Gasteiger partial charge >= 0.3 is 0 Å². The predicted octanol–water partition coefficient (Wildman–Crippen LogP) is 0.717. The first kappa shape index (κ1) is 8.73. The highest BCUT2D eigenvalue weighted by Crippen LogP contribution is 2.06. The number of halogens is 1. The number of nitrogens with one attached hydrogen (secondary N) is 1. The van der Waals surface area contributed by atoms with Crippen LogP contribution in [0.25, 0.3) is 0 Å². The Morgan fingerprint density at radius 1 is 1.73 bits per heavy atom. The Labute approximate surface area is 73.1 Å². The molecule has 0 spiro atoms. The first-order valence-electron chi connectivity index (χ1n) is 2.84. The van der Waals surface area contributed by atoms with Crippen LogP contribution in [-0.2, 0) is 15.6 Å². The van der Waals surface area contributed by atoms with E-state index in [9.17, 15) is 8.42 Å². The minimum absolute atomic E-state index is 0.00556. The fourth-order valence-electron chi connectivity index (χ4n) is 0.687. The lowest BCUT2D eigenvalue weighted by atomic mass is 10.6. The van der Waals surface area contributed by atoms with E-state index in [1.165, 1.54) is 12.5 Å². The monoisotopic (exact) mass is 238 g/mol. The van der Waals surface area contributed by atoms with E-state index in [1.54, 1.807) is 0 Å². The van der Waals surface area contributed by atoms with E-state index in [1.807, 2.05) is 0 Å². The van der Waals surface area contributed by atoms with E-state index in [4.69, 9.17) is 0 Å². The van der Waals surface area contributed by atoms with Gasteiger partial charge in [-0.1, -0.05) is 0 Å². The highest BCUT2D eigenvalue weighted by atomic mass is 79.9. The summed E-state index contributed by atoms with van der Waals surface area (Å²) in [6.07, 6.45) is 2.67. The van der Waals surface area contributed by atoms with Crippen molar-refractivity contribution in [2.24, 2.45) is 0 Å². The highest BCUT2D eigenvalue weighted by Gasteiger charge is 2.05. The fourth-order valence-corrected chi connectivity index (χ4v) is 1.76. The minimum atomic E-state index is -2.96. The molecule has 0 aliphatic rings. The first-order valence-corrected chi connectivity index (χ1v) is 5.70. The molecule has 1 aromatic heterocycles. The van der Waals surface area contributed by atoms with Crippen molar-refractivity contribution >= 4 is 25.8 Å². The van der Waals surface area contributed by atoms with Crippen LogP contribution in [-0.4, -0.2) is 24.6 Å². The SMILES string of the molecule is CS(=O)(=O)Cc1cnc(Br)[nH]1. The quantitative estimate of drug-likeness (QED) is 0.826. The van der Waals surface area contributed by atoms with Crippen molar-refractivity contribution in [1.82, 2.24) is 9.97 Å². The van der Waals surface area contributed by atoms with Gasteiger partial charge in [-0.05, 0) is 15.9 Å². The summed E-state index contributed by atoms with van der Waals surface area (Å²) in [4.78, 5) is 6.56. The van der Waals surface area contributed by atoms with Gasteiger partial charge in [-0.15, -0.1) is 0 Å². The zero-order chi connectivity index (χ0) is 8.48. The van der Waals surface area contributed by atoms with Crippen molar-refractivity contribution in [3.05, 3.63) is 16.6 Å². The summed E-state index contributed by atoms with van der Waals surface area (Å²) in [5.74, 6) is 0.00556. The van der Waals surface area contributed by atoms with Crippen LogP contribution in [0.3, 0.4) is 0 Å². The van der Waals surface area contributed by atoms with Crippen LogP contribution < -0.4 is 0 Å². The molecule has 0 saturated heterocycles. The van der Waals surface area contributed by atoms with Gasteiger partial charge in [0.1, 0.15) is 0 Å². The van der Waals surface area contributed by atoms with Crippen LogP contribution >= 0.6 is 15.9 Å². The summed E-state index contributed by atoms with van der Waals surface area (Å²) in [5, 5.41) is 0. The summed E-state index contributed by atoms with van der Waals surface area (Å²) in [6.45, 7) is 0. The van der Waals surface area contributed by atoms with Crippen LogP contribution in [0.5, 0.6) is 0 Å². The summed E-state index contributed by atoms with van der Waals surface area (Å²) in [7, 11) is -2.96. The molecule has 1 N–H and O–H groups in total. The van der Waals surface area contributed by atoms with E-state index in [-0.39, 0.29) is 5.75 Å². The minimum Gasteiger partial charge on any atom is -0.336 e. The summed E-state index contributed by atoms with van der Waals surface area (Å²) < 4.78 is 22.0. The molecule has 4 nitrogen and oxygen atoms in total. The van der Waals surface area contributed by atoms with Crippen LogP contribution in [0.1, 0.15) is 5.69 Å². The molecule has 0 saturated carbocycles. The van der Waals surface area contributed by atoms with Gasteiger partial charge in [0.05, 0.1) is 17.6 Å². The Kier molecular flexibility index (Phi) is 2.34. The molecule has 0 aromatic carbocycles. The zero-order valence-corrected chi connectivity index (χ0v) is 8.24. The van der Waals surface area contributed by atoms with E-state index in [0.29, 0.717) is 10.4 Å². The molecular weight excluding hydrogens is 232 g/mol. The van der Waals surface area contributed by atoms with Gasteiger partial charge in [0.15, 0.2) is 14.6 Å². The molecule has 0 aliphatic carbocycles. The molecule has 6 heteroatoms. The van der Waals surface area contributed by atoms with Gasteiger partial charge in [0.2, 0.25) is 0 Å². The van der Waals surface area contributed by atoms with Crippen molar-refractivity contribution in [1.29, 1.82) is 0 Å². The Bertz CT molecular complexity index is 343. The number of hydrogen-bond donors (Lipinski definition) is 1. The van der Waals surface area contributed by atoms with Gasteiger partial charge in [-0.3, -0.25) is 0 Å².